The summed E-state index contributed by atoms with van der Waals surface area (Å²) in [4.78, 5) is 35.1. The van der Waals surface area contributed by atoms with Gasteiger partial charge in [0.15, 0.2) is 0 Å². The number of nitrogens with one attached hydrogen (secondary N) is 1. The molecule has 222 valence electrons. The molecule has 0 aliphatic carbocycles. The smallest absolute Gasteiger partial charge is 0.322 e. The molecule has 1 atom stereocenters. The zero-order valence-corrected chi connectivity index (χ0v) is 25.7. The lowest BCUT2D eigenvalue weighted by atomic mass is 9.92. The second-order valence-corrected chi connectivity index (χ2v) is 11.0. The third kappa shape index (κ3) is 6.19. The van der Waals surface area contributed by atoms with Crippen LogP contribution in [-0.4, -0.2) is 47.9 Å². The molecule has 0 bridgehead atoms. The van der Waals surface area contributed by atoms with Crippen LogP contribution in [0.15, 0.2) is 71.5 Å². The largest absolute Gasteiger partial charge is 0.495 e. The van der Waals surface area contributed by atoms with Gasteiger partial charge in [0, 0.05) is 19.3 Å². The van der Waals surface area contributed by atoms with Crippen molar-refractivity contribution in [2.45, 2.75) is 58.9 Å². The van der Waals surface area contributed by atoms with Gasteiger partial charge < -0.3 is 19.7 Å². The van der Waals surface area contributed by atoms with Crippen molar-refractivity contribution >= 4 is 22.6 Å². The number of nitrogens with zero attached hydrogens (tertiary/aromatic N) is 3. The lowest BCUT2D eigenvalue weighted by Gasteiger charge is -2.33. The molecule has 0 aliphatic rings. The summed E-state index contributed by atoms with van der Waals surface area (Å²) in [5.41, 5.74) is 3.89. The normalized spacial score (nSPS) is 12.1. The maximum Gasteiger partial charge on any atom is 0.322 e. The third-order valence-corrected chi connectivity index (χ3v) is 7.59. The Morgan fingerprint density at radius 1 is 0.929 bits per heavy atom. The van der Waals surface area contributed by atoms with Crippen molar-refractivity contribution in [1.29, 1.82) is 0 Å². The fourth-order valence-electron chi connectivity index (χ4n) is 5.43. The molecule has 2 amide bonds. The molecule has 1 unspecified atom stereocenters. The molecule has 3 aromatic carbocycles. The predicted octanol–water partition coefficient (Wildman–Crippen LogP) is 7.27. The fraction of sp³-hybridized carbons (Fsp3) is 0.382. The van der Waals surface area contributed by atoms with Crippen LogP contribution < -0.4 is 15.6 Å². The minimum atomic E-state index is -0.545. The molecule has 1 N–H and O–H groups in total. The third-order valence-electron chi connectivity index (χ3n) is 7.59. The number of para-hydroxylation sites is 4. The van der Waals surface area contributed by atoms with Crippen LogP contribution in [0.25, 0.3) is 16.6 Å². The Bertz CT molecular complexity index is 1570. The topological polar surface area (TPSA) is 85.7 Å². The monoisotopic (exact) mass is 570 g/mol. The second kappa shape index (κ2) is 13.7. The highest BCUT2D eigenvalue weighted by Crippen LogP contribution is 2.34. The first-order chi connectivity index (χ1) is 20.2. The molecule has 0 saturated heterocycles. The van der Waals surface area contributed by atoms with Crippen molar-refractivity contribution in [2.75, 3.05) is 32.7 Å². The molecule has 4 aromatic rings. The summed E-state index contributed by atoms with van der Waals surface area (Å²) < 4.78 is 12.7. The van der Waals surface area contributed by atoms with Gasteiger partial charge in [-0.05, 0) is 53.6 Å². The Balaban J connectivity index is 1.92. The van der Waals surface area contributed by atoms with Gasteiger partial charge in [0.25, 0.3) is 5.56 Å². The van der Waals surface area contributed by atoms with Gasteiger partial charge in [0.05, 0.1) is 36.3 Å². The Hall–Kier alpha value is -4.17. The molecule has 4 rings (SSSR count). The summed E-state index contributed by atoms with van der Waals surface area (Å²) in [6.07, 6.45) is 0.514. The summed E-state index contributed by atoms with van der Waals surface area (Å²) in [6.45, 7) is 11.1. The van der Waals surface area contributed by atoms with Crippen LogP contribution in [-0.2, 0) is 4.74 Å². The number of rotatable bonds is 11. The highest BCUT2D eigenvalue weighted by Gasteiger charge is 2.31. The van der Waals surface area contributed by atoms with E-state index in [-0.39, 0.29) is 23.4 Å². The number of carbonyl (C=O) groups excluding carboxylic acids is 1. The van der Waals surface area contributed by atoms with E-state index in [2.05, 4.69) is 45.1 Å². The van der Waals surface area contributed by atoms with E-state index in [4.69, 9.17) is 14.5 Å². The average Bonchev–Trinajstić information content (AvgIpc) is 2.99. The molecule has 42 heavy (non-hydrogen) atoms. The Morgan fingerprint density at radius 2 is 1.57 bits per heavy atom. The minimum Gasteiger partial charge on any atom is -0.495 e. The van der Waals surface area contributed by atoms with Gasteiger partial charge in [0.2, 0.25) is 0 Å². The van der Waals surface area contributed by atoms with Gasteiger partial charge in [-0.2, -0.15) is 0 Å². The van der Waals surface area contributed by atoms with E-state index in [0.29, 0.717) is 47.7 Å². The summed E-state index contributed by atoms with van der Waals surface area (Å²) in [5, 5.41) is 3.75. The first-order valence-electron chi connectivity index (χ1n) is 14.6. The van der Waals surface area contributed by atoms with Crippen molar-refractivity contribution in [3.63, 3.8) is 0 Å². The first kappa shape index (κ1) is 30.8. The van der Waals surface area contributed by atoms with Gasteiger partial charge in [-0.1, -0.05) is 77.1 Å². The van der Waals surface area contributed by atoms with Gasteiger partial charge in [-0.3, -0.25) is 9.36 Å². The highest BCUT2D eigenvalue weighted by molar-refractivity contribution is 5.92. The predicted molar refractivity (Wildman–Crippen MR) is 169 cm³/mol. The molecule has 8 heteroatoms. The van der Waals surface area contributed by atoms with E-state index in [1.165, 1.54) is 0 Å². The Kier molecular flexibility index (Phi) is 10.0. The van der Waals surface area contributed by atoms with Crippen LogP contribution >= 0.6 is 0 Å². The summed E-state index contributed by atoms with van der Waals surface area (Å²) in [6, 6.07) is 20.0. The maximum absolute atomic E-state index is 14.3. The molecule has 1 aromatic heterocycles. The minimum absolute atomic E-state index is 0.214. The van der Waals surface area contributed by atoms with E-state index < -0.39 is 6.04 Å². The van der Waals surface area contributed by atoms with Crippen LogP contribution in [0.2, 0.25) is 0 Å². The number of methoxy groups -OCH3 is 2. The number of fused-ring (bicyclic) bond motifs is 1. The number of ether oxygens (including phenoxy) is 2. The molecule has 0 aliphatic heterocycles. The van der Waals surface area contributed by atoms with Crippen LogP contribution in [0.4, 0.5) is 10.5 Å². The van der Waals surface area contributed by atoms with Gasteiger partial charge >= 0.3 is 6.03 Å². The first-order valence-corrected chi connectivity index (χ1v) is 14.6. The van der Waals surface area contributed by atoms with E-state index in [0.717, 1.165) is 16.8 Å². The molecular weight excluding hydrogens is 528 g/mol. The second-order valence-electron chi connectivity index (χ2n) is 11.0. The van der Waals surface area contributed by atoms with Crippen molar-refractivity contribution in [3.8, 4) is 11.4 Å². The van der Waals surface area contributed by atoms with E-state index in [1.54, 1.807) is 29.8 Å². The molecule has 1 heterocycles. The molecule has 8 nitrogen and oxygen atoms in total. The lowest BCUT2D eigenvalue weighted by Crippen LogP contribution is -2.42. The van der Waals surface area contributed by atoms with Gasteiger partial charge in [-0.25, -0.2) is 9.78 Å². The molecule has 0 fully saturated rings. The fourth-order valence-corrected chi connectivity index (χ4v) is 5.43. The lowest BCUT2D eigenvalue weighted by molar-refractivity contribution is 0.131. The van der Waals surface area contributed by atoms with Crippen molar-refractivity contribution in [3.05, 3.63) is 94.0 Å². The summed E-state index contributed by atoms with van der Waals surface area (Å²) in [5.74, 6) is 1.42. The SMILES string of the molecule is CCC(c1nc2ccccc2c(=O)n1-c1ccccc1OC)N(CCOC)C(=O)Nc1c(C(C)C)cccc1C(C)C. The van der Waals surface area contributed by atoms with Crippen LogP contribution in [0.5, 0.6) is 5.75 Å². The standard InChI is InChI=1S/C34H42N4O4/c1-8-28(37(20-21-41-6)34(40)36-31-24(22(2)3)15-13-16-25(31)23(4)5)32-35-27-17-10-9-14-26(27)33(39)38(32)29-18-11-12-19-30(29)42-7/h9-19,22-23,28H,8,20-21H2,1-7H3,(H,36,40). The Labute approximate surface area is 248 Å². The van der Waals surface area contributed by atoms with Gasteiger partial charge in [-0.15, -0.1) is 0 Å². The number of urea groups is 1. The van der Waals surface area contributed by atoms with Crippen molar-refractivity contribution < 1.29 is 14.3 Å². The number of carbonyl (C=O) groups is 1. The number of anilines is 1. The van der Waals surface area contributed by atoms with E-state index in [1.807, 2.05) is 55.5 Å². The van der Waals surface area contributed by atoms with Crippen LogP contribution in [0.1, 0.15) is 75.9 Å². The summed E-state index contributed by atoms with van der Waals surface area (Å²) in [7, 11) is 3.19. The van der Waals surface area contributed by atoms with Crippen molar-refractivity contribution in [1.82, 2.24) is 14.5 Å². The van der Waals surface area contributed by atoms with Crippen LogP contribution in [0, 0.1) is 0 Å². The molecular formula is C34H42N4O4. The van der Waals surface area contributed by atoms with Crippen LogP contribution in [0.3, 0.4) is 0 Å². The number of benzene rings is 3. The number of amides is 2. The molecule has 0 spiro atoms. The summed E-state index contributed by atoms with van der Waals surface area (Å²) >= 11 is 0. The Morgan fingerprint density at radius 3 is 2.19 bits per heavy atom. The van der Waals surface area contributed by atoms with E-state index >= 15 is 0 Å². The number of aromatic nitrogens is 2. The number of hydrogen-bond acceptors (Lipinski definition) is 5. The maximum atomic E-state index is 14.3. The number of hydrogen-bond donors (Lipinski definition) is 1. The quantitative estimate of drug-likeness (QED) is 0.205. The average molecular weight is 571 g/mol. The highest BCUT2D eigenvalue weighted by atomic mass is 16.5. The zero-order valence-electron chi connectivity index (χ0n) is 25.7. The van der Waals surface area contributed by atoms with Gasteiger partial charge in [0.1, 0.15) is 11.6 Å². The van der Waals surface area contributed by atoms with Crippen molar-refractivity contribution in [2.24, 2.45) is 0 Å². The zero-order chi connectivity index (χ0) is 30.4. The molecule has 0 radical (unpaired) electrons. The van der Waals surface area contributed by atoms with E-state index in [9.17, 15) is 9.59 Å². The molecule has 0 saturated carbocycles.